The summed E-state index contributed by atoms with van der Waals surface area (Å²) in [7, 11) is -1.36. The van der Waals surface area contributed by atoms with Gasteiger partial charge in [-0.2, -0.15) is 8.42 Å². The predicted octanol–water partition coefficient (Wildman–Crippen LogP) is 4.57. The van der Waals surface area contributed by atoms with Crippen LogP contribution in [0.2, 0.25) is 0 Å². The van der Waals surface area contributed by atoms with Gasteiger partial charge in [-0.3, -0.25) is 4.55 Å². The molecule has 0 aliphatic heterocycles. The smallest absolute Gasteiger partial charge is 0.296 e. The van der Waals surface area contributed by atoms with Crippen LogP contribution in [0.1, 0.15) is 5.56 Å². The maximum atomic E-state index is 11.6. The number of nitrogens with one attached hydrogen (secondary N) is 1. The molecule has 28 heavy (non-hydrogen) atoms. The average Bonchev–Trinajstić information content (AvgIpc) is 2.66. The Bertz CT molecular complexity index is 1190. The number of azo groups is 1. The van der Waals surface area contributed by atoms with Gasteiger partial charge in [-0.15, -0.1) is 10.2 Å². The van der Waals surface area contributed by atoms with Crippen molar-refractivity contribution in [3.8, 4) is 11.5 Å². The Morgan fingerprint density at radius 1 is 1.07 bits per heavy atom. The molecular weight excluding hydrogens is 382 g/mol. The number of fused-ring (bicyclic) bond motifs is 1. The van der Waals surface area contributed by atoms with E-state index in [1.165, 1.54) is 19.2 Å². The van der Waals surface area contributed by atoms with Crippen molar-refractivity contribution in [3.63, 3.8) is 0 Å². The van der Waals surface area contributed by atoms with E-state index in [1.54, 1.807) is 20.0 Å². The molecule has 146 valence electrons. The van der Waals surface area contributed by atoms with Gasteiger partial charge in [0, 0.05) is 24.2 Å². The first-order valence-corrected chi connectivity index (χ1v) is 9.70. The number of benzene rings is 3. The quantitative estimate of drug-likeness (QED) is 0.425. The van der Waals surface area contributed by atoms with Crippen molar-refractivity contribution in [2.24, 2.45) is 10.2 Å². The molecule has 0 aromatic heterocycles. The molecule has 0 bridgehead atoms. The number of ether oxygens (including phenoxy) is 1. The van der Waals surface area contributed by atoms with Crippen LogP contribution in [-0.2, 0) is 10.1 Å². The van der Waals surface area contributed by atoms with E-state index in [-0.39, 0.29) is 22.9 Å². The molecule has 3 aromatic carbocycles. The molecule has 0 amide bonds. The summed E-state index contributed by atoms with van der Waals surface area (Å²) in [6.07, 6.45) is 0. The van der Waals surface area contributed by atoms with Gasteiger partial charge in [0.15, 0.2) is 5.75 Å². The predicted molar refractivity (Wildman–Crippen MR) is 107 cm³/mol. The second kappa shape index (κ2) is 7.45. The summed E-state index contributed by atoms with van der Waals surface area (Å²) in [6, 6.07) is 11.3. The molecule has 8 nitrogen and oxygen atoms in total. The van der Waals surface area contributed by atoms with Gasteiger partial charge in [0.1, 0.15) is 22.0 Å². The standard InChI is InChI=1S/C19H19N3O5S/c1-11-8-12-9-13(20-2)4-6-15(12)19(23)18(11)22-21-16-7-5-14(27-3)10-17(16)28(24,25)26/h4-10,20,23H,1-3H3,(H,24,25,26). The summed E-state index contributed by atoms with van der Waals surface area (Å²) in [5.74, 6) is 0.181. The Kier molecular flexibility index (Phi) is 5.21. The fraction of sp³-hybridized carbons (Fsp3) is 0.158. The van der Waals surface area contributed by atoms with E-state index >= 15 is 0 Å². The number of aromatic hydroxyl groups is 1. The molecule has 0 saturated carbocycles. The van der Waals surface area contributed by atoms with Gasteiger partial charge in [-0.25, -0.2) is 0 Å². The molecule has 0 unspecified atom stereocenters. The van der Waals surface area contributed by atoms with E-state index in [9.17, 15) is 18.1 Å². The maximum absolute atomic E-state index is 11.6. The number of methoxy groups -OCH3 is 1. The summed E-state index contributed by atoms with van der Waals surface area (Å²) < 4.78 is 37.7. The molecule has 3 aromatic rings. The highest BCUT2D eigenvalue weighted by Gasteiger charge is 2.17. The molecule has 0 spiro atoms. The Hall–Kier alpha value is -3.17. The second-order valence-corrected chi connectivity index (χ2v) is 7.48. The lowest BCUT2D eigenvalue weighted by molar-refractivity contribution is 0.412. The molecule has 0 radical (unpaired) electrons. The van der Waals surface area contributed by atoms with Crippen molar-refractivity contribution < 1.29 is 22.8 Å². The lowest BCUT2D eigenvalue weighted by Gasteiger charge is -2.09. The Morgan fingerprint density at radius 2 is 1.82 bits per heavy atom. The summed E-state index contributed by atoms with van der Waals surface area (Å²) in [5.41, 5.74) is 1.69. The largest absolute Gasteiger partial charge is 0.505 e. The Balaban J connectivity index is 2.12. The number of anilines is 1. The highest BCUT2D eigenvalue weighted by molar-refractivity contribution is 7.86. The van der Waals surface area contributed by atoms with Crippen LogP contribution in [0.25, 0.3) is 10.8 Å². The van der Waals surface area contributed by atoms with Gasteiger partial charge in [-0.05, 0) is 54.3 Å². The molecule has 3 rings (SSSR count). The van der Waals surface area contributed by atoms with Crippen molar-refractivity contribution in [1.29, 1.82) is 0 Å². The monoisotopic (exact) mass is 401 g/mol. The summed E-state index contributed by atoms with van der Waals surface area (Å²) >= 11 is 0. The number of hydrogen-bond donors (Lipinski definition) is 3. The normalized spacial score (nSPS) is 11.9. The van der Waals surface area contributed by atoms with Gasteiger partial charge in [0.2, 0.25) is 0 Å². The van der Waals surface area contributed by atoms with Gasteiger partial charge >= 0.3 is 0 Å². The van der Waals surface area contributed by atoms with Crippen molar-refractivity contribution in [2.45, 2.75) is 11.8 Å². The van der Waals surface area contributed by atoms with Crippen molar-refractivity contribution in [1.82, 2.24) is 0 Å². The molecular formula is C19H19N3O5S. The number of hydrogen-bond acceptors (Lipinski definition) is 7. The van der Waals surface area contributed by atoms with Crippen molar-refractivity contribution in [2.75, 3.05) is 19.5 Å². The fourth-order valence-electron chi connectivity index (χ4n) is 2.81. The highest BCUT2D eigenvalue weighted by atomic mass is 32.2. The highest BCUT2D eigenvalue weighted by Crippen LogP contribution is 2.40. The van der Waals surface area contributed by atoms with E-state index in [1.807, 2.05) is 18.2 Å². The summed E-state index contributed by atoms with van der Waals surface area (Å²) in [5, 5.41) is 23.0. The van der Waals surface area contributed by atoms with Gasteiger partial charge in [0.05, 0.1) is 7.11 Å². The average molecular weight is 401 g/mol. The summed E-state index contributed by atoms with van der Waals surface area (Å²) in [6.45, 7) is 1.76. The second-order valence-electron chi connectivity index (χ2n) is 6.09. The SMILES string of the molecule is CNc1ccc2c(O)c(N=Nc3ccc(OC)cc3S(=O)(=O)O)c(C)cc2c1. The minimum atomic E-state index is -4.54. The summed E-state index contributed by atoms with van der Waals surface area (Å²) in [4.78, 5) is -0.438. The third kappa shape index (κ3) is 3.75. The van der Waals surface area contributed by atoms with Gasteiger partial charge in [-0.1, -0.05) is 0 Å². The minimum Gasteiger partial charge on any atom is -0.505 e. The Morgan fingerprint density at radius 3 is 2.46 bits per heavy atom. The third-order valence-corrected chi connectivity index (χ3v) is 5.15. The van der Waals surface area contributed by atoms with Crippen LogP contribution >= 0.6 is 0 Å². The number of nitrogens with zero attached hydrogens (tertiary/aromatic N) is 2. The molecule has 0 atom stereocenters. The van der Waals surface area contributed by atoms with Gasteiger partial charge in [0.25, 0.3) is 10.1 Å². The van der Waals surface area contributed by atoms with Crippen LogP contribution in [0.4, 0.5) is 17.1 Å². The zero-order chi connectivity index (χ0) is 20.5. The minimum absolute atomic E-state index is 0.0664. The lowest BCUT2D eigenvalue weighted by Crippen LogP contribution is -1.99. The maximum Gasteiger partial charge on any atom is 0.296 e. The lowest BCUT2D eigenvalue weighted by atomic mass is 10.0. The first-order chi connectivity index (χ1) is 13.2. The third-order valence-electron chi connectivity index (χ3n) is 4.27. The van der Waals surface area contributed by atoms with E-state index in [4.69, 9.17) is 4.74 Å². The van der Waals surface area contributed by atoms with E-state index in [2.05, 4.69) is 15.5 Å². The number of rotatable bonds is 5. The van der Waals surface area contributed by atoms with Crippen LogP contribution in [0, 0.1) is 6.92 Å². The zero-order valence-electron chi connectivity index (χ0n) is 15.5. The van der Waals surface area contributed by atoms with E-state index < -0.39 is 15.0 Å². The number of aryl methyl sites for hydroxylation is 1. The fourth-order valence-corrected chi connectivity index (χ4v) is 3.45. The molecule has 0 heterocycles. The molecule has 0 aliphatic rings. The number of phenols is 1. The van der Waals surface area contributed by atoms with Gasteiger partial charge < -0.3 is 15.2 Å². The van der Waals surface area contributed by atoms with E-state index in [0.29, 0.717) is 10.9 Å². The van der Waals surface area contributed by atoms with E-state index in [0.717, 1.165) is 17.1 Å². The van der Waals surface area contributed by atoms with Crippen LogP contribution in [0.3, 0.4) is 0 Å². The molecule has 0 saturated heterocycles. The number of phenolic OH excluding ortho intramolecular Hbond substituents is 1. The molecule has 9 heteroatoms. The van der Waals surface area contributed by atoms with Crippen LogP contribution in [0.5, 0.6) is 11.5 Å². The van der Waals surface area contributed by atoms with Crippen molar-refractivity contribution in [3.05, 3.63) is 48.0 Å². The first-order valence-electron chi connectivity index (χ1n) is 8.26. The first kappa shape index (κ1) is 19.6. The topological polar surface area (TPSA) is 121 Å². The van der Waals surface area contributed by atoms with Crippen LogP contribution in [0.15, 0.2) is 57.6 Å². The Labute approximate surface area is 162 Å². The molecule has 0 aliphatic carbocycles. The van der Waals surface area contributed by atoms with Crippen LogP contribution < -0.4 is 10.1 Å². The molecule has 0 fully saturated rings. The zero-order valence-corrected chi connectivity index (χ0v) is 16.3. The van der Waals surface area contributed by atoms with Crippen LogP contribution in [-0.4, -0.2) is 32.2 Å². The molecule has 3 N–H and O–H groups in total. The van der Waals surface area contributed by atoms with Crippen molar-refractivity contribution >= 4 is 38.0 Å².